The molecule has 1 aromatic heterocycles. The lowest BCUT2D eigenvalue weighted by molar-refractivity contribution is 0.0685. The van der Waals surface area contributed by atoms with E-state index in [0.29, 0.717) is 0 Å². The smallest absolute Gasteiger partial charge is 0.352 e. The summed E-state index contributed by atoms with van der Waals surface area (Å²) in [5, 5.41) is 8.87. The van der Waals surface area contributed by atoms with Crippen LogP contribution < -0.4 is 0 Å². The lowest BCUT2D eigenvalue weighted by Crippen LogP contribution is -2.09. The van der Waals surface area contributed by atoms with E-state index in [1.807, 2.05) is 0 Å². The molecule has 3 nitrogen and oxygen atoms in total. The fourth-order valence-corrected chi connectivity index (χ4v) is 1.58. The Kier molecular flexibility index (Phi) is 2.91. The highest BCUT2D eigenvalue weighted by molar-refractivity contribution is 5.85. The summed E-state index contributed by atoms with van der Waals surface area (Å²) in [5.41, 5.74) is 0.304. The molecule has 0 fully saturated rings. The summed E-state index contributed by atoms with van der Waals surface area (Å²) in [4.78, 5) is 10.8. The zero-order valence-corrected chi connectivity index (χ0v) is 8.73. The van der Waals surface area contributed by atoms with E-state index in [-0.39, 0.29) is 17.8 Å². The summed E-state index contributed by atoms with van der Waals surface area (Å²) in [5.74, 6) is -2.43. The van der Waals surface area contributed by atoms with Crippen LogP contribution in [-0.2, 0) is 6.54 Å². The second-order valence-corrected chi connectivity index (χ2v) is 3.56. The second-order valence-electron chi connectivity index (χ2n) is 3.56. The Morgan fingerprint density at radius 2 is 2.06 bits per heavy atom. The molecule has 0 atom stereocenters. The van der Waals surface area contributed by atoms with E-state index in [1.165, 1.54) is 22.9 Å². The van der Waals surface area contributed by atoms with Gasteiger partial charge in [0.1, 0.15) is 17.3 Å². The molecule has 5 heteroatoms. The highest BCUT2D eigenvalue weighted by Gasteiger charge is 2.11. The van der Waals surface area contributed by atoms with E-state index in [2.05, 4.69) is 0 Å². The zero-order valence-electron chi connectivity index (χ0n) is 8.73. The van der Waals surface area contributed by atoms with Gasteiger partial charge in [0.15, 0.2) is 0 Å². The molecule has 0 spiro atoms. The lowest BCUT2D eigenvalue weighted by atomic mass is 10.2. The van der Waals surface area contributed by atoms with Gasteiger partial charge in [-0.05, 0) is 18.2 Å². The molecule has 0 amide bonds. The summed E-state index contributed by atoms with van der Waals surface area (Å²) in [6.07, 6.45) is 1.53. The van der Waals surface area contributed by atoms with Crippen molar-refractivity contribution >= 4 is 5.97 Å². The van der Waals surface area contributed by atoms with Crippen LogP contribution in [-0.4, -0.2) is 15.6 Å². The minimum atomic E-state index is -1.09. The predicted octanol–water partition coefficient (Wildman–Crippen LogP) is 2.51. The Hall–Kier alpha value is -2.17. The largest absolute Gasteiger partial charge is 0.477 e. The first-order chi connectivity index (χ1) is 8.08. The molecule has 0 bridgehead atoms. The number of carboxylic acids is 1. The van der Waals surface area contributed by atoms with E-state index >= 15 is 0 Å². The summed E-state index contributed by atoms with van der Waals surface area (Å²) in [6, 6.07) is 6.20. The van der Waals surface area contributed by atoms with Crippen molar-refractivity contribution in [1.82, 2.24) is 4.57 Å². The van der Waals surface area contributed by atoms with Gasteiger partial charge >= 0.3 is 5.97 Å². The van der Waals surface area contributed by atoms with Gasteiger partial charge in [-0.25, -0.2) is 13.6 Å². The Balaban J connectivity index is 2.31. The van der Waals surface area contributed by atoms with Gasteiger partial charge in [0.25, 0.3) is 0 Å². The predicted molar refractivity (Wildman–Crippen MR) is 56.9 cm³/mol. The van der Waals surface area contributed by atoms with Crippen LogP contribution in [0, 0.1) is 11.6 Å². The molecule has 1 N–H and O–H groups in total. The van der Waals surface area contributed by atoms with Crippen molar-refractivity contribution < 1.29 is 18.7 Å². The van der Waals surface area contributed by atoms with Crippen LogP contribution in [0.5, 0.6) is 0 Å². The first kappa shape index (κ1) is 11.3. The molecule has 0 aliphatic rings. The van der Waals surface area contributed by atoms with Crippen molar-refractivity contribution in [3.63, 3.8) is 0 Å². The highest BCUT2D eigenvalue weighted by Crippen LogP contribution is 2.13. The van der Waals surface area contributed by atoms with Gasteiger partial charge in [-0.1, -0.05) is 6.07 Å². The number of halogens is 2. The van der Waals surface area contributed by atoms with Crippen LogP contribution in [0.1, 0.15) is 16.1 Å². The van der Waals surface area contributed by atoms with Crippen LogP contribution in [0.2, 0.25) is 0 Å². The normalized spacial score (nSPS) is 10.5. The van der Waals surface area contributed by atoms with Gasteiger partial charge in [-0.15, -0.1) is 0 Å². The SMILES string of the molecule is O=C(O)c1cccn1Cc1ccc(F)cc1F. The average molecular weight is 237 g/mol. The number of carboxylic acid groups (broad SMARTS) is 1. The van der Waals surface area contributed by atoms with Gasteiger partial charge in [0, 0.05) is 17.8 Å². The number of hydrogen-bond acceptors (Lipinski definition) is 1. The number of aromatic carboxylic acids is 1. The monoisotopic (exact) mass is 237 g/mol. The Morgan fingerprint density at radius 1 is 1.29 bits per heavy atom. The standard InChI is InChI=1S/C12H9F2NO2/c13-9-4-3-8(10(14)6-9)7-15-5-1-2-11(15)12(16)17/h1-6H,7H2,(H,16,17). The summed E-state index contributed by atoms with van der Waals surface area (Å²) >= 11 is 0. The van der Waals surface area contributed by atoms with Crippen molar-refractivity contribution in [1.29, 1.82) is 0 Å². The van der Waals surface area contributed by atoms with E-state index in [9.17, 15) is 13.6 Å². The van der Waals surface area contributed by atoms with Crippen LogP contribution in [0.3, 0.4) is 0 Å². The Bertz CT molecular complexity index is 563. The molecular weight excluding hydrogens is 228 g/mol. The van der Waals surface area contributed by atoms with E-state index in [4.69, 9.17) is 5.11 Å². The molecule has 1 aromatic carbocycles. The van der Waals surface area contributed by atoms with Crippen LogP contribution >= 0.6 is 0 Å². The fourth-order valence-electron chi connectivity index (χ4n) is 1.58. The van der Waals surface area contributed by atoms with Crippen LogP contribution in [0.4, 0.5) is 8.78 Å². The van der Waals surface area contributed by atoms with Gasteiger partial charge < -0.3 is 9.67 Å². The number of benzene rings is 1. The van der Waals surface area contributed by atoms with Gasteiger partial charge in [0.05, 0.1) is 6.54 Å². The van der Waals surface area contributed by atoms with Crippen LogP contribution in [0.15, 0.2) is 36.5 Å². The summed E-state index contributed by atoms with van der Waals surface area (Å²) < 4.78 is 27.5. The topological polar surface area (TPSA) is 42.2 Å². The third kappa shape index (κ3) is 2.33. The molecule has 0 aliphatic carbocycles. The van der Waals surface area contributed by atoms with Gasteiger partial charge in [0.2, 0.25) is 0 Å². The lowest BCUT2D eigenvalue weighted by Gasteiger charge is -2.07. The molecule has 2 aromatic rings. The summed E-state index contributed by atoms with van der Waals surface area (Å²) in [6.45, 7) is 0.0563. The Morgan fingerprint density at radius 3 is 2.71 bits per heavy atom. The maximum Gasteiger partial charge on any atom is 0.352 e. The van der Waals surface area contributed by atoms with Gasteiger partial charge in [-0.2, -0.15) is 0 Å². The van der Waals surface area contributed by atoms with Crippen molar-refractivity contribution in [2.45, 2.75) is 6.54 Å². The van der Waals surface area contributed by atoms with Crippen LogP contribution in [0.25, 0.3) is 0 Å². The molecule has 17 heavy (non-hydrogen) atoms. The molecule has 2 rings (SSSR count). The Labute approximate surface area is 95.9 Å². The number of rotatable bonds is 3. The molecule has 1 heterocycles. The number of hydrogen-bond donors (Lipinski definition) is 1. The zero-order chi connectivity index (χ0) is 12.4. The number of nitrogens with zero attached hydrogens (tertiary/aromatic N) is 1. The third-order valence-electron chi connectivity index (χ3n) is 2.40. The number of carbonyl (C=O) groups is 1. The fraction of sp³-hybridized carbons (Fsp3) is 0.0833. The van der Waals surface area contributed by atoms with Crippen molar-refractivity contribution in [2.75, 3.05) is 0 Å². The minimum absolute atomic E-state index is 0.0563. The van der Waals surface area contributed by atoms with Crippen molar-refractivity contribution in [3.8, 4) is 0 Å². The third-order valence-corrected chi connectivity index (χ3v) is 2.40. The van der Waals surface area contributed by atoms with Crippen molar-refractivity contribution in [2.24, 2.45) is 0 Å². The maximum atomic E-state index is 13.4. The quantitative estimate of drug-likeness (QED) is 0.891. The van der Waals surface area contributed by atoms with Crippen molar-refractivity contribution in [3.05, 3.63) is 59.4 Å². The highest BCUT2D eigenvalue weighted by atomic mass is 19.1. The first-order valence-electron chi connectivity index (χ1n) is 4.90. The molecule has 0 saturated carbocycles. The minimum Gasteiger partial charge on any atom is -0.477 e. The van der Waals surface area contributed by atoms with Gasteiger partial charge in [-0.3, -0.25) is 0 Å². The maximum absolute atomic E-state index is 13.4. The van der Waals surface area contributed by atoms with E-state index in [0.717, 1.165) is 12.1 Å². The molecule has 88 valence electrons. The molecule has 0 saturated heterocycles. The molecular formula is C12H9F2NO2. The average Bonchev–Trinajstić information content (AvgIpc) is 2.70. The molecule has 0 unspecified atom stereocenters. The summed E-state index contributed by atoms with van der Waals surface area (Å²) in [7, 11) is 0. The second kappa shape index (κ2) is 4.37. The molecule has 0 aliphatic heterocycles. The van der Waals surface area contributed by atoms with E-state index in [1.54, 1.807) is 6.07 Å². The number of aromatic nitrogens is 1. The first-order valence-corrected chi connectivity index (χ1v) is 4.90. The molecule has 0 radical (unpaired) electrons. The van der Waals surface area contributed by atoms with E-state index < -0.39 is 17.6 Å².